The van der Waals surface area contributed by atoms with Gasteiger partial charge in [0.05, 0.1) is 5.75 Å². The highest BCUT2D eigenvalue weighted by molar-refractivity contribution is 8.00. The Morgan fingerprint density at radius 3 is 2.30 bits per heavy atom. The van der Waals surface area contributed by atoms with Crippen molar-refractivity contribution in [2.24, 2.45) is 0 Å². The van der Waals surface area contributed by atoms with Crippen LogP contribution in [0.4, 0.5) is 5.69 Å². The molecule has 1 amide bonds. The average molecular weight is 499 g/mol. The van der Waals surface area contributed by atoms with Crippen molar-refractivity contribution in [1.82, 2.24) is 0 Å². The number of benzene rings is 3. The van der Waals surface area contributed by atoms with E-state index in [1.165, 1.54) is 11.8 Å². The molecule has 1 atom stereocenters. The molecule has 8 heteroatoms. The van der Waals surface area contributed by atoms with Crippen LogP contribution in [0, 0.1) is 0 Å². The van der Waals surface area contributed by atoms with Crippen molar-refractivity contribution in [3.63, 3.8) is 0 Å². The van der Waals surface area contributed by atoms with Crippen LogP contribution in [0.25, 0.3) is 0 Å². The third-order valence-corrected chi connectivity index (χ3v) is 6.88. The van der Waals surface area contributed by atoms with Crippen LogP contribution in [-0.2, 0) is 11.4 Å². The van der Waals surface area contributed by atoms with E-state index in [9.17, 15) is 4.79 Å². The number of halogens is 4. The molecule has 1 aliphatic heterocycles. The van der Waals surface area contributed by atoms with Crippen LogP contribution < -0.4 is 9.64 Å². The number of hydrogen-bond donors (Lipinski definition) is 0. The molecule has 1 saturated heterocycles. The van der Waals surface area contributed by atoms with Crippen molar-refractivity contribution in [1.29, 1.82) is 0 Å². The summed E-state index contributed by atoms with van der Waals surface area (Å²) in [4.78, 5) is 14.4. The second kappa shape index (κ2) is 9.29. The molecule has 3 nitrogen and oxygen atoms in total. The molecule has 154 valence electrons. The van der Waals surface area contributed by atoms with Crippen molar-refractivity contribution in [3.05, 3.63) is 91.9 Å². The van der Waals surface area contributed by atoms with E-state index >= 15 is 0 Å². The largest absolute Gasteiger partial charge is 0.488 e. The summed E-state index contributed by atoms with van der Waals surface area (Å²) in [6.45, 7) is 0.261. The van der Waals surface area contributed by atoms with Gasteiger partial charge in [-0.15, -0.1) is 11.8 Å². The number of carbonyl (C=O) groups is 1. The van der Waals surface area contributed by atoms with E-state index in [4.69, 9.17) is 51.1 Å². The van der Waals surface area contributed by atoms with E-state index in [0.717, 1.165) is 16.8 Å². The summed E-state index contributed by atoms with van der Waals surface area (Å²) >= 11 is 26.1. The van der Waals surface area contributed by atoms with Crippen molar-refractivity contribution in [2.45, 2.75) is 12.0 Å². The zero-order valence-electron chi connectivity index (χ0n) is 15.4. The van der Waals surface area contributed by atoms with Gasteiger partial charge in [-0.3, -0.25) is 9.69 Å². The molecule has 0 bridgehead atoms. The van der Waals surface area contributed by atoms with Gasteiger partial charge in [-0.05, 0) is 54.6 Å². The number of rotatable bonds is 5. The second-order valence-electron chi connectivity index (χ2n) is 6.61. The third kappa shape index (κ3) is 4.68. The van der Waals surface area contributed by atoms with Crippen LogP contribution in [0.1, 0.15) is 16.5 Å². The normalized spacial score (nSPS) is 16.2. The monoisotopic (exact) mass is 497 g/mol. The van der Waals surface area contributed by atoms with Gasteiger partial charge in [0, 0.05) is 36.9 Å². The van der Waals surface area contributed by atoms with Crippen molar-refractivity contribution in [3.8, 4) is 5.75 Å². The molecule has 0 N–H and O–H groups in total. The minimum absolute atomic E-state index is 0.0130. The fraction of sp³-hybridized carbons (Fsp3) is 0.136. The number of hydrogen-bond acceptors (Lipinski definition) is 3. The van der Waals surface area contributed by atoms with Gasteiger partial charge in [0.1, 0.15) is 17.7 Å². The topological polar surface area (TPSA) is 29.5 Å². The molecule has 1 fully saturated rings. The van der Waals surface area contributed by atoms with Gasteiger partial charge < -0.3 is 4.74 Å². The smallest absolute Gasteiger partial charge is 0.238 e. The molecule has 0 saturated carbocycles. The lowest BCUT2D eigenvalue weighted by Gasteiger charge is -2.26. The highest BCUT2D eigenvalue weighted by Gasteiger charge is 2.36. The number of anilines is 1. The number of ether oxygens (including phenoxy) is 1. The Morgan fingerprint density at radius 2 is 1.57 bits per heavy atom. The van der Waals surface area contributed by atoms with Gasteiger partial charge in [-0.2, -0.15) is 0 Å². The van der Waals surface area contributed by atoms with Gasteiger partial charge >= 0.3 is 0 Å². The first-order chi connectivity index (χ1) is 14.4. The van der Waals surface area contributed by atoms with Gasteiger partial charge in [-0.1, -0.05) is 52.5 Å². The molecule has 0 unspecified atom stereocenters. The predicted molar refractivity (Wildman–Crippen MR) is 126 cm³/mol. The van der Waals surface area contributed by atoms with Gasteiger partial charge in [0.2, 0.25) is 5.91 Å². The minimum Gasteiger partial charge on any atom is -0.488 e. The van der Waals surface area contributed by atoms with E-state index in [1.807, 2.05) is 30.3 Å². The van der Waals surface area contributed by atoms with Crippen molar-refractivity contribution < 1.29 is 9.53 Å². The van der Waals surface area contributed by atoms with E-state index in [-0.39, 0.29) is 17.9 Å². The quantitative estimate of drug-likeness (QED) is 0.361. The Morgan fingerprint density at radius 1 is 0.900 bits per heavy atom. The Balaban J connectivity index is 1.65. The van der Waals surface area contributed by atoms with E-state index < -0.39 is 0 Å². The van der Waals surface area contributed by atoms with Crippen LogP contribution in [0.15, 0.2) is 60.7 Å². The predicted octanol–water partition coefficient (Wildman–Crippen LogP) is 7.66. The SMILES string of the molecule is O=C1CS[C@H](c2cc(Cl)ccc2OCc2ccc(Cl)cc2Cl)N1c1ccc(Cl)cc1. The first kappa shape index (κ1) is 21.7. The first-order valence-electron chi connectivity index (χ1n) is 8.98. The molecular weight excluding hydrogens is 484 g/mol. The average Bonchev–Trinajstić information content (AvgIpc) is 3.10. The lowest BCUT2D eigenvalue weighted by atomic mass is 10.1. The Bertz CT molecular complexity index is 1090. The fourth-order valence-corrected chi connectivity index (χ4v) is 5.13. The summed E-state index contributed by atoms with van der Waals surface area (Å²) in [5.41, 5.74) is 2.40. The zero-order chi connectivity index (χ0) is 21.3. The lowest BCUT2D eigenvalue weighted by Crippen LogP contribution is -2.28. The maximum absolute atomic E-state index is 12.7. The number of amides is 1. The highest BCUT2D eigenvalue weighted by atomic mass is 35.5. The minimum atomic E-state index is -0.270. The molecule has 1 heterocycles. The maximum atomic E-state index is 12.7. The van der Waals surface area contributed by atoms with E-state index in [1.54, 1.807) is 35.2 Å². The zero-order valence-corrected chi connectivity index (χ0v) is 19.3. The first-order valence-corrected chi connectivity index (χ1v) is 11.5. The summed E-state index contributed by atoms with van der Waals surface area (Å²) in [6.07, 6.45) is 0. The summed E-state index contributed by atoms with van der Waals surface area (Å²) < 4.78 is 6.09. The van der Waals surface area contributed by atoms with Crippen LogP contribution in [-0.4, -0.2) is 11.7 Å². The van der Waals surface area contributed by atoms with Crippen molar-refractivity contribution in [2.75, 3.05) is 10.7 Å². The van der Waals surface area contributed by atoms with Gasteiger partial charge in [-0.25, -0.2) is 0 Å². The maximum Gasteiger partial charge on any atom is 0.238 e. The molecule has 0 spiro atoms. The molecule has 3 aromatic carbocycles. The van der Waals surface area contributed by atoms with Crippen LogP contribution >= 0.6 is 58.2 Å². The Kier molecular flexibility index (Phi) is 6.71. The molecule has 3 aromatic rings. The van der Waals surface area contributed by atoms with Crippen LogP contribution in [0.5, 0.6) is 5.75 Å². The number of thioether (sulfide) groups is 1. The number of nitrogens with zero attached hydrogens (tertiary/aromatic N) is 1. The number of carbonyl (C=O) groups excluding carboxylic acids is 1. The summed E-state index contributed by atoms with van der Waals surface area (Å²) in [5.74, 6) is 1.01. The van der Waals surface area contributed by atoms with Gasteiger partial charge in [0.25, 0.3) is 0 Å². The lowest BCUT2D eigenvalue weighted by molar-refractivity contribution is -0.115. The highest BCUT2D eigenvalue weighted by Crippen LogP contribution is 2.46. The van der Waals surface area contributed by atoms with Crippen molar-refractivity contribution >= 4 is 69.8 Å². The molecule has 0 aromatic heterocycles. The van der Waals surface area contributed by atoms with Crippen LogP contribution in [0.2, 0.25) is 20.1 Å². The third-order valence-electron chi connectivity index (χ3n) is 4.61. The van der Waals surface area contributed by atoms with E-state index in [2.05, 4.69) is 0 Å². The van der Waals surface area contributed by atoms with Gasteiger partial charge in [0.15, 0.2) is 0 Å². The summed E-state index contributed by atoms with van der Waals surface area (Å²) in [6, 6.07) is 17.9. The van der Waals surface area contributed by atoms with E-state index in [0.29, 0.717) is 31.6 Å². The molecular formula is C22H15Cl4NO2S. The molecule has 30 heavy (non-hydrogen) atoms. The summed E-state index contributed by atoms with van der Waals surface area (Å²) in [7, 11) is 0. The standard InChI is InChI=1S/C22H15Cl4NO2S/c23-14-3-6-17(7-4-14)27-21(28)12-30-22(27)18-9-15(24)5-8-20(18)29-11-13-1-2-16(25)10-19(13)26/h1-10,22H,11-12H2/t22-/m1/s1. The molecule has 4 rings (SSSR count). The molecule has 0 radical (unpaired) electrons. The molecule has 1 aliphatic rings. The van der Waals surface area contributed by atoms with Crippen LogP contribution in [0.3, 0.4) is 0 Å². The summed E-state index contributed by atoms with van der Waals surface area (Å²) in [5, 5.41) is 2.01. The Labute approximate surface area is 198 Å². The second-order valence-corrected chi connectivity index (χ2v) is 9.40. The fourth-order valence-electron chi connectivity index (χ4n) is 3.17. The molecule has 0 aliphatic carbocycles. The Hall–Kier alpha value is -1.56.